The van der Waals surface area contributed by atoms with Gasteiger partial charge in [0.1, 0.15) is 5.76 Å². The molecular formula is C14H22N2O2. The summed E-state index contributed by atoms with van der Waals surface area (Å²) in [6.07, 6.45) is 1.62. The van der Waals surface area contributed by atoms with Crippen molar-refractivity contribution in [3.8, 4) is 0 Å². The Balaban J connectivity index is 2.45. The lowest BCUT2D eigenvalue weighted by molar-refractivity contribution is -0.131. The maximum atomic E-state index is 12.0. The Morgan fingerprint density at radius 1 is 1.44 bits per heavy atom. The second-order valence-electron chi connectivity index (χ2n) is 4.59. The van der Waals surface area contributed by atoms with E-state index in [-0.39, 0.29) is 5.91 Å². The van der Waals surface area contributed by atoms with E-state index in [0.717, 1.165) is 24.4 Å². The average molecular weight is 250 g/mol. The third kappa shape index (κ3) is 4.75. The molecule has 0 saturated heterocycles. The van der Waals surface area contributed by atoms with Crippen molar-refractivity contribution < 1.29 is 9.21 Å². The van der Waals surface area contributed by atoms with E-state index in [1.807, 2.05) is 26.0 Å². The zero-order valence-corrected chi connectivity index (χ0v) is 11.5. The number of nitrogens with zero attached hydrogens (tertiary/aromatic N) is 2. The summed E-state index contributed by atoms with van der Waals surface area (Å²) in [5.74, 6) is 0.892. The molecule has 0 unspecified atom stereocenters. The monoisotopic (exact) mass is 250 g/mol. The molecule has 0 aliphatic carbocycles. The molecule has 0 aliphatic heterocycles. The molecule has 1 aromatic heterocycles. The fourth-order valence-electron chi connectivity index (χ4n) is 1.70. The number of furan rings is 1. The first-order chi connectivity index (χ1) is 8.52. The van der Waals surface area contributed by atoms with E-state index < -0.39 is 0 Å². The molecule has 100 valence electrons. The highest BCUT2D eigenvalue weighted by molar-refractivity contribution is 5.77. The quantitative estimate of drug-likeness (QED) is 0.696. The molecule has 1 aromatic rings. The van der Waals surface area contributed by atoms with Gasteiger partial charge < -0.3 is 9.32 Å². The van der Waals surface area contributed by atoms with Crippen LogP contribution in [-0.2, 0) is 11.3 Å². The lowest BCUT2D eigenvalue weighted by Crippen LogP contribution is -2.38. The topological polar surface area (TPSA) is 36.7 Å². The minimum atomic E-state index is 0.0921. The summed E-state index contributed by atoms with van der Waals surface area (Å²) >= 11 is 0. The van der Waals surface area contributed by atoms with Crippen molar-refractivity contribution in [2.75, 3.05) is 26.7 Å². The fraction of sp³-hybridized carbons (Fsp3) is 0.500. The minimum absolute atomic E-state index is 0.0921. The zero-order chi connectivity index (χ0) is 13.5. The molecule has 0 aromatic carbocycles. The van der Waals surface area contributed by atoms with Crippen LogP contribution in [0.25, 0.3) is 0 Å². The van der Waals surface area contributed by atoms with Gasteiger partial charge in [0.2, 0.25) is 5.91 Å². The zero-order valence-electron chi connectivity index (χ0n) is 11.5. The van der Waals surface area contributed by atoms with Gasteiger partial charge in [-0.1, -0.05) is 19.1 Å². The van der Waals surface area contributed by atoms with Crippen LogP contribution in [0.3, 0.4) is 0 Å². The molecule has 0 aliphatic rings. The highest BCUT2D eigenvalue weighted by atomic mass is 16.3. The van der Waals surface area contributed by atoms with Crippen molar-refractivity contribution in [3.63, 3.8) is 0 Å². The largest absolute Gasteiger partial charge is 0.467 e. The van der Waals surface area contributed by atoms with Crippen LogP contribution in [0.4, 0.5) is 0 Å². The predicted octanol–water partition coefficient (Wildman–Crippen LogP) is 2.14. The molecule has 0 N–H and O–H groups in total. The van der Waals surface area contributed by atoms with E-state index in [0.29, 0.717) is 13.1 Å². The van der Waals surface area contributed by atoms with Crippen LogP contribution in [0.2, 0.25) is 0 Å². The third-order valence-electron chi connectivity index (χ3n) is 2.70. The number of amides is 1. The van der Waals surface area contributed by atoms with Gasteiger partial charge in [-0.3, -0.25) is 9.69 Å². The first-order valence-electron chi connectivity index (χ1n) is 6.16. The minimum Gasteiger partial charge on any atom is -0.467 e. The first-order valence-corrected chi connectivity index (χ1v) is 6.16. The number of likely N-dealkylation sites (N-methyl/N-ethyl adjacent to an activating group) is 2. The fourth-order valence-corrected chi connectivity index (χ4v) is 1.70. The first kappa shape index (κ1) is 14.5. The summed E-state index contributed by atoms with van der Waals surface area (Å²) in [5.41, 5.74) is 1.07. The van der Waals surface area contributed by atoms with Crippen LogP contribution in [0.1, 0.15) is 19.6 Å². The van der Waals surface area contributed by atoms with Crippen LogP contribution in [0, 0.1) is 0 Å². The molecule has 18 heavy (non-hydrogen) atoms. The highest BCUT2D eigenvalue weighted by Gasteiger charge is 2.14. The van der Waals surface area contributed by atoms with E-state index in [2.05, 4.69) is 11.5 Å². The standard InChI is InChI=1S/C14H22N2O2/c1-5-16(9-12(2)3)11-14(17)15(4)10-13-7-6-8-18-13/h6-8H,2,5,9-11H2,1,3-4H3. The van der Waals surface area contributed by atoms with Crippen molar-refractivity contribution in [1.82, 2.24) is 9.80 Å². The van der Waals surface area contributed by atoms with Gasteiger partial charge in [-0.25, -0.2) is 0 Å². The Morgan fingerprint density at radius 3 is 2.67 bits per heavy atom. The predicted molar refractivity (Wildman–Crippen MR) is 72.1 cm³/mol. The van der Waals surface area contributed by atoms with Gasteiger partial charge in [0.15, 0.2) is 0 Å². The molecule has 0 spiro atoms. The van der Waals surface area contributed by atoms with Gasteiger partial charge in [-0.15, -0.1) is 0 Å². The molecule has 1 rings (SSSR count). The van der Waals surface area contributed by atoms with Crippen LogP contribution in [0.15, 0.2) is 35.0 Å². The molecule has 1 amide bonds. The number of hydrogen-bond acceptors (Lipinski definition) is 3. The van der Waals surface area contributed by atoms with E-state index in [9.17, 15) is 4.79 Å². The van der Waals surface area contributed by atoms with Crippen molar-refractivity contribution in [1.29, 1.82) is 0 Å². The Morgan fingerprint density at radius 2 is 2.17 bits per heavy atom. The van der Waals surface area contributed by atoms with E-state index in [1.165, 1.54) is 0 Å². The van der Waals surface area contributed by atoms with Gasteiger partial charge in [0.05, 0.1) is 19.4 Å². The molecule has 4 heteroatoms. The van der Waals surface area contributed by atoms with E-state index in [1.54, 1.807) is 18.2 Å². The molecular weight excluding hydrogens is 228 g/mol. The van der Waals surface area contributed by atoms with Crippen LogP contribution >= 0.6 is 0 Å². The maximum absolute atomic E-state index is 12.0. The summed E-state index contributed by atoms with van der Waals surface area (Å²) in [6.45, 7) is 10.4. The Kier molecular flexibility index (Phi) is 5.65. The van der Waals surface area contributed by atoms with E-state index >= 15 is 0 Å². The molecule has 1 heterocycles. The molecule has 0 radical (unpaired) electrons. The Hall–Kier alpha value is -1.55. The van der Waals surface area contributed by atoms with Crippen LogP contribution in [0.5, 0.6) is 0 Å². The average Bonchev–Trinajstić information content (AvgIpc) is 2.80. The summed E-state index contributed by atoms with van der Waals surface area (Å²) in [5, 5.41) is 0. The van der Waals surface area contributed by atoms with Gasteiger partial charge >= 0.3 is 0 Å². The molecule has 0 atom stereocenters. The molecule has 0 saturated carbocycles. The number of carbonyl (C=O) groups is 1. The summed E-state index contributed by atoms with van der Waals surface area (Å²) in [7, 11) is 1.79. The van der Waals surface area contributed by atoms with Gasteiger partial charge in [0.25, 0.3) is 0 Å². The van der Waals surface area contributed by atoms with Crippen molar-refractivity contribution in [2.45, 2.75) is 20.4 Å². The highest BCUT2D eigenvalue weighted by Crippen LogP contribution is 2.05. The normalized spacial score (nSPS) is 10.7. The molecule has 0 fully saturated rings. The molecule has 0 bridgehead atoms. The maximum Gasteiger partial charge on any atom is 0.236 e. The number of carbonyl (C=O) groups excluding carboxylic acids is 1. The smallest absolute Gasteiger partial charge is 0.236 e. The van der Waals surface area contributed by atoms with Crippen molar-refractivity contribution in [3.05, 3.63) is 36.3 Å². The SMILES string of the molecule is C=C(C)CN(CC)CC(=O)N(C)Cc1ccco1. The second kappa shape index (κ2) is 7.01. The van der Waals surface area contributed by atoms with Crippen LogP contribution < -0.4 is 0 Å². The lowest BCUT2D eigenvalue weighted by Gasteiger charge is -2.23. The summed E-state index contributed by atoms with van der Waals surface area (Å²) in [4.78, 5) is 15.8. The van der Waals surface area contributed by atoms with Gasteiger partial charge in [-0.05, 0) is 25.6 Å². The van der Waals surface area contributed by atoms with Gasteiger partial charge in [-0.2, -0.15) is 0 Å². The Bertz CT molecular complexity index is 385. The van der Waals surface area contributed by atoms with Crippen molar-refractivity contribution >= 4 is 5.91 Å². The summed E-state index contributed by atoms with van der Waals surface area (Å²) in [6, 6.07) is 3.70. The van der Waals surface area contributed by atoms with Gasteiger partial charge in [0, 0.05) is 13.6 Å². The van der Waals surface area contributed by atoms with Crippen LogP contribution in [-0.4, -0.2) is 42.4 Å². The van der Waals surface area contributed by atoms with Crippen molar-refractivity contribution in [2.24, 2.45) is 0 Å². The Labute approximate surface area is 109 Å². The lowest BCUT2D eigenvalue weighted by atomic mass is 10.3. The number of hydrogen-bond donors (Lipinski definition) is 0. The summed E-state index contributed by atoms with van der Waals surface area (Å²) < 4.78 is 5.23. The second-order valence-corrected chi connectivity index (χ2v) is 4.59. The molecule has 4 nitrogen and oxygen atoms in total. The van der Waals surface area contributed by atoms with E-state index in [4.69, 9.17) is 4.42 Å². The number of rotatable bonds is 7. The third-order valence-corrected chi connectivity index (χ3v) is 2.70.